The molecule has 2 rings (SSSR count). The summed E-state index contributed by atoms with van der Waals surface area (Å²) in [5, 5.41) is 4.22. The smallest absolute Gasteiger partial charge is 0.119 e. The third kappa shape index (κ3) is 3.98. The maximum atomic E-state index is 5.95. The number of nitrogens with one attached hydrogen (secondary N) is 1. The fraction of sp³-hybridized carbons (Fsp3) is 0.250. The van der Waals surface area contributed by atoms with Crippen molar-refractivity contribution >= 4 is 11.6 Å². The Bertz CT molecular complexity index is 554. The SMILES string of the molecule is COc1cccc(CNCc2ccc(Cl)cc2C)c1. The minimum atomic E-state index is 0.786. The van der Waals surface area contributed by atoms with Gasteiger partial charge in [0.2, 0.25) is 0 Å². The van der Waals surface area contributed by atoms with E-state index < -0.39 is 0 Å². The number of hydrogen-bond donors (Lipinski definition) is 1. The normalized spacial score (nSPS) is 10.5. The minimum absolute atomic E-state index is 0.786. The molecule has 2 aromatic carbocycles. The molecule has 0 amide bonds. The molecule has 0 unspecified atom stereocenters. The first kappa shape index (κ1) is 13.9. The van der Waals surface area contributed by atoms with E-state index in [1.54, 1.807) is 7.11 Å². The van der Waals surface area contributed by atoms with Gasteiger partial charge in [0.1, 0.15) is 5.75 Å². The Morgan fingerprint density at radius 2 is 1.95 bits per heavy atom. The van der Waals surface area contributed by atoms with Crippen molar-refractivity contribution in [2.45, 2.75) is 20.0 Å². The molecule has 19 heavy (non-hydrogen) atoms. The molecule has 100 valence electrons. The van der Waals surface area contributed by atoms with Crippen molar-refractivity contribution in [1.29, 1.82) is 0 Å². The molecular formula is C16H18ClNO. The molecule has 0 atom stereocenters. The molecule has 0 aliphatic rings. The van der Waals surface area contributed by atoms with Gasteiger partial charge >= 0.3 is 0 Å². The average molecular weight is 276 g/mol. The molecule has 0 spiro atoms. The molecule has 0 aliphatic heterocycles. The second kappa shape index (κ2) is 6.60. The lowest BCUT2D eigenvalue weighted by molar-refractivity contribution is 0.414. The first-order valence-electron chi connectivity index (χ1n) is 6.27. The Balaban J connectivity index is 1.92. The molecular weight excluding hydrogens is 258 g/mol. The van der Waals surface area contributed by atoms with Crippen LogP contribution in [-0.2, 0) is 13.1 Å². The van der Waals surface area contributed by atoms with Crippen molar-refractivity contribution in [2.75, 3.05) is 7.11 Å². The molecule has 0 aromatic heterocycles. The van der Waals surface area contributed by atoms with Crippen LogP contribution < -0.4 is 10.1 Å². The summed E-state index contributed by atoms with van der Waals surface area (Å²) in [5.74, 6) is 0.891. The Morgan fingerprint density at radius 3 is 2.68 bits per heavy atom. The van der Waals surface area contributed by atoms with E-state index in [9.17, 15) is 0 Å². The summed E-state index contributed by atoms with van der Waals surface area (Å²) in [6.07, 6.45) is 0. The average Bonchev–Trinajstić information content (AvgIpc) is 2.41. The van der Waals surface area contributed by atoms with E-state index in [2.05, 4.69) is 24.4 Å². The molecule has 0 aliphatic carbocycles. The Hall–Kier alpha value is -1.51. The van der Waals surface area contributed by atoms with Gasteiger partial charge in [0.05, 0.1) is 7.11 Å². The number of rotatable bonds is 5. The zero-order valence-electron chi connectivity index (χ0n) is 11.2. The highest BCUT2D eigenvalue weighted by Crippen LogP contribution is 2.16. The molecule has 0 heterocycles. The maximum Gasteiger partial charge on any atom is 0.119 e. The fourth-order valence-corrected chi connectivity index (χ4v) is 2.21. The highest BCUT2D eigenvalue weighted by atomic mass is 35.5. The van der Waals surface area contributed by atoms with E-state index in [1.807, 2.05) is 30.3 Å². The Labute approximate surface area is 119 Å². The van der Waals surface area contributed by atoms with Crippen LogP contribution in [0.5, 0.6) is 5.75 Å². The zero-order chi connectivity index (χ0) is 13.7. The maximum absolute atomic E-state index is 5.95. The van der Waals surface area contributed by atoms with E-state index in [1.165, 1.54) is 16.7 Å². The van der Waals surface area contributed by atoms with Gasteiger partial charge in [-0.15, -0.1) is 0 Å². The van der Waals surface area contributed by atoms with Gasteiger partial charge in [-0.25, -0.2) is 0 Å². The van der Waals surface area contributed by atoms with Crippen LogP contribution in [0.1, 0.15) is 16.7 Å². The largest absolute Gasteiger partial charge is 0.497 e. The summed E-state index contributed by atoms with van der Waals surface area (Å²) in [4.78, 5) is 0. The van der Waals surface area contributed by atoms with Crippen molar-refractivity contribution in [1.82, 2.24) is 5.32 Å². The molecule has 2 nitrogen and oxygen atoms in total. The van der Waals surface area contributed by atoms with E-state index >= 15 is 0 Å². The standard InChI is InChI=1S/C16H18ClNO/c1-12-8-15(17)7-6-14(12)11-18-10-13-4-3-5-16(9-13)19-2/h3-9,18H,10-11H2,1-2H3. The lowest BCUT2D eigenvalue weighted by Gasteiger charge is -2.09. The molecule has 1 N–H and O–H groups in total. The van der Waals surface area contributed by atoms with Crippen molar-refractivity contribution < 1.29 is 4.74 Å². The number of hydrogen-bond acceptors (Lipinski definition) is 2. The highest BCUT2D eigenvalue weighted by molar-refractivity contribution is 6.30. The third-order valence-corrected chi connectivity index (χ3v) is 3.32. The van der Waals surface area contributed by atoms with Crippen LogP contribution in [0.4, 0.5) is 0 Å². The van der Waals surface area contributed by atoms with Gasteiger partial charge in [0.15, 0.2) is 0 Å². The first-order valence-corrected chi connectivity index (χ1v) is 6.65. The van der Waals surface area contributed by atoms with Crippen LogP contribution in [0.3, 0.4) is 0 Å². The molecule has 0 radical (unpaired) electrons. The van der Waals surface area contributed by atoms with Gasteiger partial charge in [-0.2, -0.15) is 0 Å². The van der Waals surface area contributed by atoms with Gasteiger partial charge in [0.25, 0.3) is 0 Å². The van der Waals surface area contributed by atoms with E-state index in [0.717, 1.165) is 23.9 Å². The van der Waals surface area contributed by atoms with E-state index in [4.69, 9.17) is 16.3 Å². The summed E-state index contributed by atoms with van der Waals surface area (Å²) in [6.45, 7) is 3.73. The molecule has 2 aromatic rings. The zero-order valence-corrected chi connectivity index (χ0v) is 12.0. The Kier molecular flexibility index (Phi) is 4.83. The topological polar surface area (TPSA) is 21.3 Å². The predicted molar refractivity (Wildman–Crippen MR) is 79.7 cm³/mol. The lowest BCUT2D eigenvalue weighted by Crippen LogP contribution is -2.13. The molecule has 0 bridgehead atoms. The fourth-order valence-electron chi connectivity index (χ4n) is 1.98. The van der Waals surface area contributed by atoms with Gasteiger partial charge in [0, 0.05) is 18.1 Å². The third-order valence-electron chi connectivity index (χ3n) is 3.08. The predicted octanol–water partition coefficient (Wildman–Crippen LogP) is 3.95. The van der Waals surface area contributed by atoms with Crippen molar-refractivity contribution in [3.05, 3.63) is 64.2 Å². The number of ether oxygens (including phenoxy) is 1. The Morgan fingerprint density at radius 1 is 1.11 bits per heavy atom. The molecule has 0 saturated carbocycles. The molecule has 3 heteroatoms. The van der Waals surface area contributed by atoms with Crippen LogP contribution in [0.15, 0.2) is 42.5 Å². The summed E-state index contributed by atoms with van der Waals surface area (Å²) >= 11 is 5.95. The van der Waals surface area contributed by atoms with Crippen molar-refractivity contribution in [3.8, 4) is 5.75 Å². The van der Waals surface area contributed by atoms with E-state index in [-0.39, 0.29) is 0 Å². The second-order valence-corrected chi connectivity index (χ2v) is 4.96. The van der Waals surface area contributed by atoms with Gasteiger partial charge < -0.3 is 10.1 Å². The highest BCUT2D eigenvalue weighted by Gasteiger charge is 2.00. The van der Waals surface area contributed by atoms with Gasteiger partial charge in [-0.3, -0.25) is 0 Å². The number of benzene rings is 2. The summed E-state index contributed by atoms with van der Waals surface area (Å²) in [7, 11) is 1.68. The first-order chi connectivity index (χ1) is 9.19. The summed E-state index contributed by atoms with van der Waals surface area (Å²) in [6, 6.07) is 14.1. The van der Waals surface area contributed by atoms with Crippen LogP contribution >= 0.6 is 11.6 Å². The minimum Gasteiger partial charge on any atom is -0.497 e. The molecule has 0 saturated heterocycles. The molecule has 0 fully saturated rings. The van der Waals surface area contributed by atoms with Crippen LogP contribution in [0.2, 0.25) is 5.02 Å². The van der Waals surface area contributed by atoms with Crippen LogP contribution in [0.25, 0.3) is 0 Å². The van der Waals surface area contributed by atoms with Crippen LogP contribution in [0, 0.1) is 6.92 Å². The lowest BCUT2D eigenvalue weighted by atomic mass is 10.1. The monoisotopic (exact) mass is 275 g/mol. The number of methoxy groups -OCH3 is 1. The van der Waals surface area contributed by atoms with Crippen LogP contribution in [-0.4, -0.2) is 7.11 Å². The summed E-state index contributed by atoms with van der Waals surface area (Å²) in [5.41, 5.74) is 3.70. The summed E-state index contributed by atoms with van der Waals surface area (Å²) < 4.78 is 5.21. The number of halogens is 1. The van der Waals surface area contributed by atoms with Crippen molar-refractivity contribution in [3.63, 3.8) is 0 Å². The second-order valence-electron chi connectivity index (χ2n) is 4.53. The quantitative estimate of drug-likeness (QED) is 0.892. The number of aryl methyl sites for hydroxylation is 1. The van der Waals surface area contributed by atoms with E-state index in [0.29, 0.717) is 0 Å². The van der Waals surface area contributed by atoms with Gasteiger partial charge in [-0.1, -0.05) is 29.8 Å². The van der Waals surface area contributed by atoms with Crippen molar-refractivity contribution in [2.24, 2.45) is 0 Å². The van der Waals surface area contributed by atoms with Gasteiger partial charge in [-0.05, 0) is 47.9 Å².